The number of rotatable bonds is 5. The van der Waals surface area contributed by atoms with Crippen LogP contribution in [0.1, 0.15) is 44.1 Å². The molecule has 3 heterocycles. The van der Waals surface area contributed by atoms with Crippen LogP contribution in [0.25, 0.3) is 16.8 Å². The molecule has 0 aliphatic carbocycles. The Morgan fingerprint density at radius 2 is 2.14 bits per heavy atom. The first kappa shape index (κ1) is 25.8. The van der Waals surface area contributed by atoms with Gasteiger partial charge in [0, 0.05) is 43.2 Å². The highest BCUT2D eigenvalue weighted by atomic mass is 32.1. The number of benzene rings is 1. The fraction of sp³-hybridized carbons (Fsp3) is 0.407. The van der Waals surface area contributed by atoms with Crippen LogP contribution in [-0.2, 0) is 4.74 Å². The number of hydrogen-bond donors (Lipinski definition) is 2. The maximum atomic E-state index is 13.1. The van der Waals surface area contributed by atoms with Crippen LogP contribution in [0.15, 0.2) is 47.6 Å². The average Bonchev–Trinajstić information content (AvgIpc) is 3.28. The van der Waals surface area contributed by atoms with Gasteiger partial charge in [0.25, 0.3) is 0 Å². The zero-order chi connectivity index (χ0) is 25.7. The molecule has 0 atom stereocenters. The molecule has 0 unspecified atom stereocenters. The van der Waals surface area contributed by atoms with Gasteiger partial charge in [0.05, 0.1) is 34.4 Å². The standard InChI is InChI=1S/C27H32N6O2S/c1-18(2)30-20(4)14-19(3)24-23(22-7-5-6-21(15-22)16-28)31-25(36-24)32-26(34)33-11-8-27(9-12-33)17-29-10-13-35-27/h5-7,14-15,29H,1,8-13,17H2,2-4H3,(H,31,32,34)/b19-14+,30-20?. The molecule has 8 nitrogen and oxygen atoms in total. The Bertz CT molecular complexity index is 1240. The molecule has 36 heavy (non-hydrogen) atoms. The van der Waals surface area contributed by atoms with Crippen LogP contribution in [0.5, 0.6) is 0 Å². The molecule has 0 radical (unpaired) electrons. The smallest absolute Gasteiger partial charge is 0.323 e. The average molecular weight is 505 g/mol. The van der Waals surface area contributed by atoms with Crippen molar-refractivity contribution in [2.75, 3.05) is 38.1 Å². The highest BCUT2D eigenvalue weighted by Crippen LogP contribution is 2.37. The number of aliphatic imine (C=N–C) groups is 1. The molecule has 2 saturated heterocycles. The van der Waals surface area contributed by atoms with Crippen LogP contribution in [0.3, 0.4) is 0 Å². The summed E-state index contributed by atoms with van der Waals surface area (Å²) in [6.07, 6.45) is 3.60. The van der Waals surface area contributed by atoms with Crippen molar-refractivity contribution in [1.29, 1.82) is 5.26 Å². The highest BCUT2D eigenvalue weighted by molar-refractivity contribution is 7.17. The summed E-state index contributed by atoms with van der Waals surface area (Å²) in [5.74, 6) is 0. The van der Waals surface area contributed by atoms with Crippen molar-refractivity contribution < 1.29 is 9.53 Å². The van der Waals surface area contributed by atoms with Crippen molar-refractivity contribution in [2.45, 2.75) is 39.2 Å². The van der Waals surface area contributed by atoms with E-state index >= 15 is 0 Å². The van der Waals surface area contributed by atoms with E-state index in [1.807, 2.05) is 49.9 Å². The highest BCUT2D eigenvalue weighted by Gasteiger charge is 2.38. The number of nitrogens with one attached hydrogen (secondary N) is 2. The number of carbonyl (C=O) groups is 1. The van der Waals surface area contributed by atoms with Crippen molar-refractivity contribution in [3.05, 3.63) is 53.1 Å². The fourth-order valence-corrected chi connectivity index (χ4v) is 5.55. The predicted octanol–water partition coefficient (Wildman–Crippen LogP) is 5.07. The van der Waals surface area contributed by atoms with Crippen LogP contribution < -0.4 is 10.6 Å². The van der Waals surface area contributed by atoms with Gasteiger partial charge >= 0.3 is 6.03 Å². The maximum Gasteiger partial charge on any atom is 0.323 e. The maximum absolute atomic E-state index is 13.1. The minimum Gasteiger partial charge on any atom is -0.372 e. The number of piperidine rings is 1. The lowest BCUT2D eigenvalue weighted by Gasteiger charge is -2.43. The molecule has 2 aliphatic rings. The number of nitrogens with zero attached hydrogens (tertiary/aromatic N) is 4. The SMILES string of the molecule is C=C(C)N=C(C)/C=C(\C)c1sc(NC(=O)N2CCC3(CC2)CNCCO3)nc1-c1cccc(C#N)c1. The molecule has 2 fully saturated rings. The largest absolute Gasteiger partial charge is 0.372 e. The van der Waals surface area contributed by atoms with Gasteiger partial charge in [0.2, 0.25) is 0 Å². The Balaban J connectivity index is 1.57. The molecule has 2 N–H and O–H groups in total. The number of nitriles is 1. The van der Waals surface area contributed by atoms with Gasteiger partial charge in [-0.3, -0.25) is 10.3 Å². The van der Waals surface area contributed by atoms with Gasteiger partial charge in [-0.25, -0.2) is 9.78 Å². The number of morpholine rings is 1. The number of urea groups is 1. The number of hydrogen-bond acceptors (Lipinski definition) is 7. The first-order chi connectivity index (χ1) is 17.3. The predicted molar refractivity (Wildman–Crippen MR) is 145 cm³/mol. The fourth-order valence-electron chi connectivity index (χ4n) is 4.60. The molecular weight excluding hydrogens is 472 g/mol. The number of amides is 2. The first-order valence-electron chi connectivity index (χ1n) is 12.1. The van der Waals surface area contributed by atoms with Crippen LogP contribution in [0.2, 0.25) is 0 Å². The zero-order valence-electron chi connectivity index (χ0n) is 21.1. The second kappa shape index (κ2) is 11.2. The van der Waals surface area contributed by atoms with Gasteiger partial charge in [0.1, 0.15) is 0 Å². The van der Waals surface area contributed by atoms with E-state index in [1.165, 1.54) is 11.3 Å². The van der Waals surface area contributed by atoms with E-state index in [-0.39, 0.29) is 11.6 Å². The number of aromatic nitrogens is 1. The van der Waals surface area contributed by atoms with E-state index in [0.717, 1.165) is 59.0 Å². The van der Waals surface area contributed by atoms with Gasteiger partial charge in [-0.15, -0.1) is 0 Å². The molecular formula is C27H32N6O2S. The summed E-state index contributed by atoms with van der Waals surface area (Å²) in [5.41, 5.74) is 4.47. The summed E-state index contributed by atoms with van der Waals surface area (Å²) in [5, 5.41) is 16.3. The second-order valence-electron chi connectivity index (χ2n) is 9.33. The monoisotopic (exact) mass is 504 g/mol. The van der Waals surface area contributed by atoms with Crippen molar-refractivity contribution >= 4 is 33.8 Å². The third kappa shape index (κ3) is 6.08. The summed E-state index contributed by atoms with van der Waals surface area (Å²) in [6.45, 7) is 13.3. The Morgan fingerprint density at radius 1 is 1.36 bits per heavy atom. The summed E-state index contributed by atoms with van der Waals surface area (Å²) < 4.78 is 6.05. The Kier molecular flexibility index (Phi) is 7.99. The molecule has 188 valence electrons. The van der Waals surface area contributed by atoms with Gasteiger partial charge in [-0.2, -0.15) is 5.26 Å². The Morgan fingerprint density at radius 3 is 2.81 bits per heavy atom. The summed E-state index contributed by atoms with van der Waals surface area (Å²) in [7, 11) is 0. The minimum atomic E-state index is -0.159. The molecule has 1 spiro atoms. The molecule has 0 bridgehead atoms. The molecule has 2 aliphatic heterocycles. The number of allylic oxidation sites excluding steroid dienone is 3. The van der Waals surface area contributed by atoms with E-state index < -0.39 is 0 Å². The zero-order valence-corrected chi connectivity index (χ0v) is 21.9. The van der Waals surface area contributed by atoms with Crippen LogP contribution >= 0.6 is 11.3 Å². The summed E-state index contributed by atoms with van der Waals surface area (Å²) in [4.78, 5) is 25.0. The van der Waals surface area contributed by atoms with Gasteiger partial charge < -0.3 is 15.0 Å². The third-order valence-corrected chi connectivity index (χ3v) is 7.46. The van der Waals surface area contributed by atoms with Gasteiger partial charge in [-0.05, 0) is 57.4 Å². The number of thiazole rings is 1. The molecule has 0 saturated carbocycles. The molecule has 9 heteroatoms. The normalized spacial score (nSPS) is 18.1. The number of likely N-dealkylation sites (tertiary alicyclic amines) is 1. The molecule has 2 amide bonds. The third-order valence-electron chi connectivity index (χ3n) is 6.35. The lowest BCUT2D eigenvalue weighted by molar-refractivity contribution is -0.0941. The quantitative estimate of drug-likeness (QED) is 0.554. The van der Waals surface area contributed by atoms with Crippen molar-refractivity contribution in [2.24, 2.45) is 4.99 Å². The van der Waals surface area contributed by atoms with E-state index in [2.05, 4.69) is 28.3 Å². The van der Waals surface area contributed by atoms with E-state index in [9.17, 15) is 10.1 Å². The van der Waals surface area contributed by atoms with Crippen LogP contribution in [0.4, 0.5) is 9.93 Å². The van der Waals surface area contributed by atoms with E-state index in [1.54, 1.807) is 6.07 Å². The van der Waals surface area contributed by atoms with Crippen LogP contribution in [-0.4, -0.2) is 60.0 Å². The molecule has 2 aromatic rings. The van der Waals surface area contributed by atoms with E-state index in [4.69, 9.17) is 9.72 Å². The first-order valence-corrected chi connectivity index (χ1v) is 12.9. The Labute approximate surface area is 216 Å². The minimum absolute atomic E-state index is 0.159. The topological polar surface area (TPSA) is 103 Å². The second-order valence-corrected chi connectivity index (χ2v) is 10.3. The molecule has 4 rings (SSSR count). The molecule has 1 aromatic heterocycles. The molecule has 1 aromatic carbocycles. The lowest BCUT2D eigenvalue weighted by atomic mass is 9.90. The van der Waals surface area contributed by atoms with Crippen molar-refractivity contribution in [3.8, 4) is 17.3 Å². The van der Waals surface area contributed by atoms with E-state index in [0.29, 0.717) is 30.4 Å². The van der Waals surface area contributed by atoms with Crippen molar-refractivity contribution in [3.63, 3.8) is 0 Å². The van der Waals surface area contributed by atoms with Crippen LogP contribution in [0, 0.1) is 11.3 Å². The van der Waals surface area contributed by atoms with Gasteiger partial charge in [-0.1, -0.05) is 30.0 Å². The number of carbonyl (C=O) groups excluding carboxylic acids is 1. The van der Waals surface area contributed by atoms with Gasteiger partial charge in [0.15, 0.2) is 5.13 Å². The number of ether oxygens (including phenoxy) is 1. The summed E-state index contributed by atoms with van der Waals surface area (Å²) >= 11 is 1.42. The summed E-state index contributed by atoms with van der Waals surface area (Å²) in [6, 6.07) is 9.37. The lowest BCUT2D eigenvalue weighted by Crippen LogP contribution is -2.56. The number of anilines is 1. The Hall–Kier alpha value is -3.32. The van der Waals surface area contributed by atoms with Crippen molar-refractivity contribution in [1.82, 2.24) is 15.2 Å².